The van der Waals surface area contributed by atoms with E-state index < -0.39 is 0 Å². The molecule has 0 radical (unpaired) electrons. The molecular formula is C18H15FN6O. The number of fused-ring (bicyclic) bond motifs is 2. The third-order valence-electron chi connectivity index (χ3n) is 4.83. The maximum absolute atomic E-state index is 13.4. The molecule has 0 spiro atoms. The molecule has 0 saturated heterocycles. The van der Waals surface area contributed by atoms with Crippen LogP contribution < -0.4 is 11.0 Å². The van der Waals surface area contributed by atoms with Gasteiger partial charge in [0.1, 0.15) is 5.82 Å². The number of benzene rings is 1. The molecule has 7 nitrogen and oxygen atoms in total. The van der Waals surface area contributed by atoms with E-state index in [1.54, 1.807) is 29.1 Å². The van der Waals surface area contributed by atoms with E-state index in [0.717, 1.165) is 23.7 Å². The van der Waals surface area contributed by atoms with Gasteiger partial charge < -0.3 is 10.3 Å². The highest BCUT2D eigenvalue weighted by Crippen LogP contribution is 2.34. The monoisotopic (exact) mass is 350 g/mol. The van der Waals surface area contributed by atoms with Crippen LogP contribution in [0.3, 0.4) is 0 Å². The van der Waals surface area contributed by atoms with Gasteiger partial charge in [0.2, 0.25) is 5.95 Å². The zero-order chi connectivity index (χ0) is 17.7. The van der Waals surface area contributed by atoms with Crippen LogP contribution in [0.2, 0.25) is 0 Å². The Morgan fingerprint density at radius 2 is 2.12 bits per heavy atom. The molecule has 4 aromatic rings. The molecule has 0 atom stereocenters. The molecule has 1 saturated carbocycles. The van der Waals surface area contributed by atoms with Crippen LogP contribution in [-0.2, 0) is 0 Å². The van der Waals surface area contributed by atoms with Crippen LogP contribution in [-0.4, -0.2) is 30.5 Å². The summed E-state index contributed by atoms with van der Waals surface area (Å²) in [5.41, 5.74) is 1.85. The van der Waals surface area contributed by atoms with Crippen molar-refractivity contribution in [3.63, 3.8) is 0 Å². The quantitative estimate of drug-likeness (QED) is 0.593. The highest BCUT2D eigenvalue weighted by Gasteiger charge is 2.33. The number of aromatic nitrogens is 5. The van der Waals surface area contributed by atoms with Crippen LogP contribution in [0.4, 0.5) is 10.3 Å². The minimum absolute atomic E-state index is 0.0848. The Labute approximate surface area is 146 Å². The molecule has 26 heavy (non-hydrogen) atoms. The predicted octanol–water partition coefficient (Wildman–Crippen LogP) is 2.62. The van der Waals surface area contributed by atoms with Gasteiger partial charge in [-0.05, 0) is 37.1 Å². The van der Waals surface area contributed by atoms with Crippen molar-refractivity contribution in [2.45, 2.75) is 24.9 Å². The van der Waals surface area contributed by atoms with Crippen molar-refractivity contribution >= 4 is 28.0 Å². The van der Waals surface area contributed by atoms with Crippen LogP contribution in [0.1, 0.15) is 18.9 Å². The molecule has 3 aromatic heterocycles. The Balaban J connectivity index is 1.34. The summed E-state index contributed by atoms with van der Waals surface area (Å²) in [5, 5.41) is 4.05. The fraction of sp³-hybridized carbons (Fsp3) is 0.222. The third-order valence-corrected chi connectivity index (χ3v) is 4.83. The van der Waals surface area contributed by atoms with Gasteiger partial charge in [0.05, 0.1) is 11.0 Å². The summed E-state index contributed by atoms with van der Waals surface area (Å²) in [6.45, 7) is 0. The number of H-pyrrole nitrogens is 1. The smallest absolute Gasteiger partial charge is 0.327 e. The van der Waals surface area contributed by atoms with Gasteiger partial charge in [0, 0.05) is 35.9 Å². The van der Waals surface area contributed by atoms with Crippen LogP contribution in [0.5, 0.6) is 0 Å². The third kappa shape index (κ3) is 2.42. The molecule has 0 bridgehead atoms. The van der Waals surface area contributed by atoms with Crippen molar-refractivity contribution in [1.29, 1.82) is 0 Å². The number of anilines is 1. The first-order valence-corrected chi connectivity index (χ1v) is 8.41. The Bertz CT molecular complexity index is 1180. The number of halogens is 1. The van der Waals surface area contributed by atoms with E-state index in [0.29, 0.717) is 17.1 Å². The molecule has 1 aromatic carbocycles. The number of aromatic amines is 1. The van der Waals surface area contributed by atoms with Crippen molar-refractivity contribution < 1.29 is 4.39 Å². The molecule has 5 rings (SSSR count). The second-order valence-electron chi connectivity index (χ2n) is 6.54. The van der Waals surface area contributed by atoms with Crippen LogP contribution in [0, 0.1) is 5.82 Å². The Hall–Kier alpha value is -3.29. The fourth-order valence-electron chi connectivity index (χ4n) is 3.46. The summed E-state index contributed by atoms with van der Waals surface area (Å²) < 4.78 is 15.1. The normalized spacial score (nSPS) is 19.6. The van der Waals surface area contributed by atoms with Crippen LogP contribution in [0.15, 0.2) is 47.5 Å². The lowest BCUT2D eigenvalue weighted by Crippen LogP contribution is -2.40. The van der Waals surface area contributed by atoms with E-state index in [2.05, 4.69) is 25.3 Å². The molecule has 1 aliphatic carbocycles. The first-order chi connectivity index (χ1) is 12.7. The molecule has 0 unspecified atom stereocenters. The first-order valence-electron chi connectivity index (χ1n) is 8.41. The van der Waals surface area contributed by atoms with E-state index in [-0.39, 0.29) is 23.6 Å². The summed E-state index contributed by atoms with van der Waals surface area (Å²) in [6, 6.07) is 8.33. The van der Waals surface area contributed by atoms with E-state index in [1.807, 2.05) is 6.07 Å². The number of hydrogen-bond acceptors (Lipinski definition) is 5. The molecule has 8 heteroatoms. The molecule has 130 valence electrons. The van der Waals surface area contributed by atoms with E-state index in [1.165, 1.54) is 12.1 Å². The predicted molar refractivity (Wildman–Crippen MR) is 95.5 cm³/mol. The zero-order valence-corrected chi connectivity index (χ0v) is 13.7. The molecule has 1 fully saturated rings. The van der Waals surface area contributed by atoms with Crippen molar-refractivity contribution in [2.24, 2.45) is 0 Å². The molecule has 1 aliphatic rings. The molecule has 0 aliphatic heterocycles. The number of pyridine rings is 1. The van der Waals surface area contributed by atoms with Crippen molar-refractivity contribution in [3.8, 4) is 0 Å². The summed E-state index contributed by atoms with van der Waals surface area (Å²) >= 11 is 0. The number of hydrogen-bond donors (Lipinski definition) is 2. The topological polar surface area (TPSA) is 88.5 Å². The number of rotatable bonds is 3. The summed E-state index contributed by atoms with van der Waals surface area (Å²) in [7, 11) is 0. The number of nitrogens with one attached hydrogen (secondary N) is 2. The van der Waals surface area contributed by atoms with Gasteiger partial charge in [-0.2, -0.15) is 0 Å². The SMILES string of the molecule is O=c1[nH]c2cccnc2n1[C@H]1C[C@H](Nc2ncc3ccc(F)cc3n2)C1. The van der Waals surface area contributed by atoms with Gasteiger partial charge in [-0.3, -0.25) is 4.57 Å². The number of nitrogens with zero attached hydrogens (tertiary/aromatic N) is 4. The van der Waals surface area contributed by atoms with Crippen molar-refractivity contribution in [1.82, 2.24) is 24.5 Å². The minimum Gasteiger partial charge on any atom is -0.351 e. The minimum atomic E-state index is -0.322. The second-order valence-corrected chi connectivity index (χ2v) is 6.54. The summed E-state index contributed by atoms with van der Waals surface area (Å²) in [4.78, 5) is 28.0. The maximum atomic E-state index is 13.4. The van der Waals surface area contributed by atoms with Gasteiger partial charge in [0.15, 0.2) is 5.65 Å². The fourth-order valence-corrected chi connectivity index (χ4v) is 3.46. The Kier molecular flexibility index (Phi) is 3.24. The lowest BCUT2D eigenvalue weighted by atomic mass is 9.86. The lowest BCUT2D eigenvalue weighted by molar-refractivity contribution is 0.281. The molecule has 0 amide bonds. The highest BCUT2D eigenvalue weighted by molar-refractivity contribution is 5.78. The zero-order valence-electron chi connectivity index (χ0n) is 13.7. The highest BCUT2D eigenvalue weighted by atomic mass is 19.1. The van der Waals surface area contributed by atoms with E-state index in [4.69, 9.17) is 0 Å². The van der Waals surface area contributed by atoms with Crippen LogP contribution >= 0.6 is 0 Å². The average molecular weight is 350 g/mol. The van der Waals surface area contributed by atoms with E-state index in [9.17, 15) is 9.18 Å². The Morgan fingerprint density at radius 3 is 3.00 bits per heavy atom. The molecular weight excluding hydrogens is 335 g/mol. The summed E-state index contributed by atoms with van der Waals surface area (Å²) in [6.07, 6.45) is 4.90. The maximum Gasteiger partial charge on any atom is 0.327 e. The van der Waals surface area contributed by atoms with Gasteiger partial charge >= 0.3 is 5.69 Å². The lowest BCUT2D eigenvalue weighted by Gasteiger charge is -2.36. The summed E-state index contributed by atoms with van der Waals surface area (Å²) in [5.74, 6) is 0.146. The number of imidazole rings is 1. The van der Waals surface area contributed by atoms with Crippen molar-refractivity contribution in [2.75, 3.05) is 5.32 Å². The first kappa shape index (κ1) is 15.0. The Morgan fingerprint density at radius 1 is 1.23 bits per heavy atom. The van der Waals surface area contributed by atoms with Gasteiger partial charge in [-0.1, -0.05) is 0 Å². The molecule has 3 heterocycles. The largest absolute Gasteiger partial charge is 0.351 e. The van der Waals surface area contributed by atoms with Gasteiger partial charge in [-0.15, -0.1) is 0 Å². The average Bonchev–Trinajstić information content (AvgIpc) is 2.93. The molecule has 2 N–H and O–H groups in total. The van der Waals surface area contributed by atoms with E-state index >= 15 is 0 Å². The second kappa shape index (κ2) is 5.62. The van der Waals surface area contributed by atoms with Crippen molar-refractivity contribution in [3.05, 3.63) is 59.0 Å². The van der Waals surface area contributed by atoms with Gasteiger partial charge in [-0.25, -0.2) is 24.1 Å². The van der Waals surface area contributed by atoms with Crippen LogP contribution in [0.25, 0.3) is 22.1 Å². The standard InChI is InChI=1S/C18H15FN6O/c19-11-4-3-10-9-21-17(23-15(10)6-11)22-12-7-13(8-12)25-16-14(24-18(25)26)2-1-5-20-16/h1-6,9,12-13H,7-8H2,(H,24,26)(H,21,22,23)/t12-,13-. The van der Waals surface area contributed by atoms with Gasteiger partial charge in [0.25, 0.3) is 0 Å².